The number of piperidine rings is 1. The van der Waals surface area contributed by atoms with E-state index >= 15 is 0 Å². The Kier molecular flexibility index (Phi) is 6.46. The fourth-order valence-electron chi connectivity index (χ4n) is 3.13. The number of benzene rings is 1. The number of hydrogen-bond acceptors (Lipinski definition) is 4. The van der Waals surface area contributed by atoms with Crippen molar-refractivity contribution in [2.75, 3.05) is 13.1 Å². The normalized spacial score (nSPS) is 18.2. The number of hydrogen-bond donors (Lipinski definition) is 1. The molecule has 0 spiro atoms. The maximum atomic E-state index is 12.7. The second-order valence-corrected chi connectivity index (χ2v) is 9.06. The van der Waals surface area contributed by atoms with E-state index in [0.717, 1.165) is 5.56 Å². The molecule has 1 aromatic heterocycles. The van der Waals surface area contributed by atoms with E-state index < -0.39 is 10.0 Å². The molecule has 1 saturated heterocycles. The lowest BCUT2D eigenvalue weighted by atomic mass is 9.99. The highest BCUT2D eigenvalue weighted by Crippen LogP contribution is 2.22. The summed E-state index contributed by atoms with van der Waals surface area (Å²) in [5.74, 6) is -0.533. The third-order valence-electron chi connectivity index (χ3n) is 4.63. The zero-order chi connectivity index (χ0) is 19.3. The van der Waals surface area contributed by atoms with Crippen LogP contribution in [0.2, 0.25) is 5.02 Å². The smallest absolute Gasteiger partial charge is 0.224 e. The molecule has 0 radical (unpaired) electrons. The topological polar surface area (TPSA) is 79.4 Å². The van der Waals surface area contributed by atoms with Crippen molar-refractivity contribution < 1.29 is 13.2 Å². The Hall–Kier alpha value is -1.96. The number of carbonyl (C=O) groups is 1. The monoisotopic (exact) mass is 407 g/mol. The number of rotatable bonds is 6. The van der Waals surface area contributed by atoms with Gasteiger partial charge in [-0.1, -0.05) is 23.7 Å². The molecular weight excluding hydrogens is 386 g/mol. The molecule has 144 valence electrons. The number of pyridine rings is 1. The average molecular weight is 408 g/mol. The van der Waals surface area contributed by atoms with Gasteiger partial charge in [0.05, 0.1) is 11.7 Å². The lowest BCUT2D eigenvalue weighted by Crippen LogP contribution is -2.45. The third kappa shape index (κ3) is 5.51. The predicted molar refractivity (Wildman–Crippen MR) is 104 cm³/mol. The number of amides is 1. The van der Waals surface area contributed by atoms with Crippen molar-refractivity contribution in [3.05, 3.63) is 64.9 Å². The third-order valence-corrected chi connectivity index (χ3v) is 6.70. The quantitative estimate of drug-likeness (QED) is 0.798. The number of sulfonamides is 1. The average Bonchev–Trinajstić information content (AvgIpc) is 2.68. The summed E-state index contributed by atoms with van der Waals surface area (Å²) in [6.45, 7) is 1.08. The molecule has 8 heteroatoms. The number of nitrogens with zero attached hydrogens (tertiary/aromatic N) is 2. The van der Waals surface area contributed by atoms with Crippen LogP contribution in [0.25, 0.3) is 0 Å². The molecule has 0 bridgehead atoms. The molecule has 0 saturated carbocycles. The van der Waals surface area contributed by atoms with Gasteiger partial charge in [0.25, 0.3) is 0 Å². The molecule has 1 fully saturated rings. The van der Waals surface area contributed by atoms with Crippen molar-refractivity contribution >= 4 is 27.5 Å². The minimum absolute atomic E-state index is 0.0878. The molecule has 27 heavy (non-hydrogen) atoms. The van der Waals surface area contributed by atoms with Gasteiger partial charge in [0.2, 0.25) is 15.9 Å². The fraction of sp³-hybridized carbons (Fsp3) is 0.368. The lowest BCUT2D eigenvalue weighted by molar-refractivity contribution is -0.126. The molecule has 1 amide bonds. The summed E-state index contributed by atoms with van der Waals surface area (Å²) in [6, 6.07) is 10.5. The Labute approximate surface area is 164 Å². The summed E-state index contributed by atoms with van der Waals surface area (Å²) < 4.78 is 26.9. The summed E-state index contributed by atoms with van der Waals surface area (Å²) in [5.41, 5.74) is 1.64. The van der Waals surface area contributed by atoms with E-state index in [-0.39, 0.29) is 24.1 Å². The minimum atomic E-state index is -3.48. The van der Waals surface area contributed by atoms with E-state index in [1.54, 1.807) is 36.7 Å². The Balaban J connectivity index is 1.59. The van der Waals surface area contributed by atoms with Crippen LogP contribution in [0, 0.1) is 5.92 Å². The molecule has 1 aromatic carbocycles. The predicted octanol–water partition coefficient (Wildman–Crippen LogP) is 2.59. The summed E-state index contributed by atoms with van der Waals surface area (Å²) >= 11 is 5.85. The van der Waals surface area contributed by atoms with Gasteiger partial charge >= 0.3 is 0 Å². The van der Waals surface area contributed by atoms with Crippen LogP contribution in [0.4, 0.5) is 0 Å². The Bertz CT molecular complexity index is 873. The Morgan fingerprint density at radius 1 is 1.15 bits per heavy atom. The fourth-order valence-corrected chi connectivity index (χ4v) is 4.86. The number of aromatic nitrogens is 1. The van der Waals surface area contributed by atoms with Gasteiger partial charge in [0.1, 0.15) is 0 Å². The van der Waals surface area contributed by atoms with Crippen molar-refractivity contribution in [2.45, 2.75) is 25.1 Å². The van der Waals surface area contributed by atoms with Crippen LogP contribution < -0.4 is 5.32 Å². The van der Waals surface area contributed by atoms with E-state index in [2.05, 4.69) is 10.3 Å². The highest BCUT2D eigenvalue weighted by Gasteiger charge is 2.32. The molecule has 1 atom stereocenters. The van der Waals surface area contributed by atoms with E-state index in [9.17, 15) is 13.2 Å². The zero-order valence-corrected chi connectivity index (χ0v) is 16.4. The lowest BCUT2D eigenvalue weighted by Gasteiger charge is -2.31. The first-order chi connectivity index (χ1) is 12.9. The van der Waals surface area contributed by atoms with Crippen LogP contribution in [-0.4, -0.2) is 36.7 Å². The highest BCUT2D eigenvalue weighted by atomic mass is 35.5. The largest absolute Gasteiger partial charge is 0.352 e. The van der Waals surface area contributed by atoms with Gasteiger partial charge in [-0.2, -0.15) is 0 Å². The van der Waals surface area contributed by atoms with E-state index in [1.165, 1.54) is 4.31 Å². The maximum absolute atomic E-state index is 12.7. The summed E-state index contributed by atoms with van der Waals surface area (Å²) in [4.78, 5) is 16.4. The first kappa shape index (κ1) is 19.8. The SMILES string of the molecule is O=C(NCc1ccncc1)C1CCCN(S(=O)(=O)Cc2ccc(Cl)cc2)C1. The Morgan fingerprint density at radius 3 is 2.56 bits per heavy atom. The van der Waals surface area contributed by atoms with Crippen LogP contribution in [-0.2, 0) is 27.1 Å². The first-order valence-corrected chi connectivity index (χ1v) is 10.8. The summed E-state index contributed by atoms with van der Waals surface area (Å²) in [7, 11) is -3.48. The minimum Gasteiger partial charge on any atom is -0.352 e. The summed E-state index contributed by atoms with van der Waals surface area (Å²) in [6.07, 6.45) is 4.71. The van der Waals surface area contributed by atoms with Gasteiger partial charge in [-0.15, -0.1) is 0 Å². The van der Waals surface area contributed by atoms with Gasteiger partial charge in [0, 0.05) is 37.1 Å². The second kappa shape index (κ2) is 8.82. The number of carbonyl (C=O) groups excluding carboxylic acids is 1. The van der Waals surface area contributed by atoms with Crippen LogP contribution in [0.5, 0.6) is 0 Å². The van der Waals surface area contributed by atoms with E-state index in [1.807, 2.05) is 12.1 Å². The van der Waals surface area contributed by atoms with Crippen LogP contribution in [0.3, 0.4) is 0 Å². The molecular formula is C19H22ClN3O3S. The maximum Gasteiger partial charge on any atom is 0.224 e. The molecule has 1 N–H and O–H groups in total. The van der Waals surface area contributed by atoms with Crippen LogP contribution in [0.1, 0.15) is 24.0 Å². The Morgan fingerprint density at radius 2 is 1.85 bits per heavy atom. The van der Waals surface area contributed by atoms with Gasteiger partial charge in [0.15, 0.2) is 0 Å². The van der Waals surface area contributed by atoms with Gasteiger partial charge in [-0.25, -0.2) is 12.7 Å². The molecule has 0 aliphatic carbocycles. The number of halogens is 1. The molecule has 1 aliphatic heterocycles. The molecule has 2 aromatic rings. The molecule has 1 unspecified atom stereocenters. The van der Waals surface area contributed by atoms with Gasteiger partial charge in [-0.3, -0.25) is 9.78 Å². The molecule has 2 heterocycles. The zero-order valence-electron chi connectivity index (χ0n) is 14.8. The summed E-state index contributed by atoms with van der Waals surface area (Å²) in [5, 5.41) is 3.46. The first-order valence-electron chi connectivity index (χ1n) is 8.83. The molecule has 3 rings (SSSR count). The highest BCUT2D eigenvalue weighted by molar-refractivity contribution is 7.88. The van der Waals surface area contributed by atoms with Crippen LogP contribution >= 0.6 is 11.6 Å². The van der Waals surface area contributed by atoms with Crippen molar-refractivity contribution in [3.8, 4) is 0 Å². The molecule has 1 aliphatic rings. The van der Waals surface area contributed by atoms with E-state index in [4.69, 9.17) is 11.6 Å². The van der Waals surface area contributed by atoms with Gasteiger partial charge in [-0.05, 0) is 48.2 Å². The number of nitrogens with one attached hydrogen (secondary N) is 1. The molecule has 6 nitrogen and oxygen atoms in total. The van der Waals surface area contributed by atoms with Crippen molar-refractivity contribution in [3.63, 3.8) is 0 Å². The standard InChI is InChI=1S/C19H22ClN3O3S/c20-18-5-3-16(4-6-18)14-27(25,26)23-11-1-2-17(13-23)19(24)22-12-15-7-9-21-10-8-15/h3-10,17H,1-2,11-14H2,(H,22,24). The second-order valence-electron chi connectivity index (χ2n) is 6.65. The van der Waals surface area contributed by atoms with E-state index in [0.29, 0.717) is 36.5 Å². The van der Waals surface area contributed by atoms with Gasteiger partial charge < -0.3 is 5.32 Å². The van der Waals surface area contributed by atoms with Crippen molar-refractivity contribution in [2.24, 2.45) is 5.92 Å². The van der Waals surface area contributed by atoms with Crippen LogP contribution in [0.15, 0.2) is 48.8 Å². The van der Waals surface area contributed by atoms with Crippen molar-refractivity contribution in [1.82, 2.24) is 14.6 Å². The van der Waals surface area contributed by atoms with Crippen molar-refractivity contribution in [1.29, 1.82) is 0 Å².